The van der Waals surface area contributed by atoms with Crippen molar-refractivity contribution in [1.82, 2.24) is 5.32 Å². The summed E-state index contributed by atoms with van der Waals surface area (Å²) in [6, 6.07) is -0.649. The molecule has 1 amide bonds. The van der Waals surface area contributed by atoms with Gasteiger partial charge >= 0.3 is 5.97 Å². The molecule has 0 bridgehead atoms. The van der Waals surface area contributed by atoms with Gasteiger partial charge < -0.3 is 16.2 Å². The second-order valence-corrected chi connectivity index (χ2v) is 5.56. The standard InChI is InChI=1S/C13H24N2O3/c1-9(2)10(14)11(16)15-13(12(17)18)7-5-3-4-6-8-13/h9-10H,3-8,14H2,1-2H3,(H,15,16)(H,17,18)/t10-/m1/s1. The number of nitrogens with two attached hydrogens (primary N) is 1. The fourth-order valence-electron chi connectivity index (χ4n) is 2.35. The lowest BCUT2D eigenvalue weighted by Crippen LogP contribution is -2.58. The van der Waals surface area contributed by atoms with Gasteiger partial charge in [-0.2, -0.15) is 0 Å². The molecule has 1 rings (SSSR count). The monoisotopic (exact) mass is 256 g/mol. The molecule has 5 nitrogen and oxygen atoms in total. The topological polar surface area (TPSA) is 92.4 Å². The van der Waals surface area contributed by atoms with Crippen molar-refractivity contribution in [2.45, 2.75) is 64.0 Å². The van der Waals surface area contributed by atoms with E-state index in [9.17, 15) is 14.7 Å². The maximum Gasteiger partial charge on any atom is 0.329 e. The van der Waals surface area contributed by atoms with E-state index in [0.717, 1.165) is 25.7 Å². The van der Waals surface area contributed by atoms with Crippen molar-refractivity contribution in [3.05, 3.63) is 0 Å². The Kier molecular flexibility index (Phi) is 5.14. The van der Waals surface area contributed by atoms with E-state index in [-0.39, 0.29) is 11.8 Å². The van der Waals surface area contributed by atoms with E-state index in [1.165, 1.54) is 0 Å². The van der Waals surface area contributed by atoms with Crippen LogP contribution in [0.5, 0.6) is 0 Å². The predicted octanol–water partition coefficient (Wildman–Crippen LogP) is 1.26. The van der Waals surface area contributed by atoms with Gasteiger partial charge in [-0.15, -0.1) is 0 Å². The molecule has 1 aliphatic rings. The van der Waals surface area contributed by atoms with Crippen molar-refractivity contribution >= 4 is 11.9 Å². The highest BCUT2D eigenvalue weighted by molar-refractivity contribution is 5.89. The highest BCUT2D eigenvalue weighted by Gasteiger charge is 2.41. The molecule has 0 aromatic carbocycles. The lowest BCUT2D eigenvalue weighted by molar-refractivity contribution is -0.148. The first-order chi connectivity index (χ1) is 8.39. The molecule has 1 saturated carbocycles. The Bertz CT molecular complexity index is 307. The molecule has 0 spiro atoms. The summed E-state index contributed by atoms with van der Waals surface area (Å²) in [6.45, 7) is 3.70. The van der Waals surface area contributed by atoms with Gasteiger partial charge in [-0.25, -0.2) is 4.79 Å². The zero-order valence-electron chi connectivity index (χ0n) is 11.2. The van der Waals surface area contributed by atoms with Gasteiger partial charge in [-0.1, -0.05) is 39.5 Å². The lowest BCUT2D eigenvalue weighted by atomic mass is 9.89. The Labute approximate surface area is 108 Å². The Morgan fingerprint density at radius 1 is 1.17 bits per heavy atom. The van der Waals surface area contributed by atoms with E-state index < -0.39 is 17.6 Å². The van der Waals surface area contributed by atoms with Crippen molar-refractivity contribution in [2.24, 2.45) is 11.7 Å². The minimum absolute atomic E-state index is 0.00150. The van der Waals surface area contributed by atoms with Crippen molar-refractivity contribution in [2.75, 3.05) is 0 Å². The summed E-state index contributed by atoms with van der Waals surface area (Å²) in [5, 5.41) is 12.1. The van der Waals surface area contributed by atoms with Crippen LogP contribution in [-0.4, -0.2) is 28.6 Å². The summed E-state index contributed by atoms with van der Waals surface area (Å²) in [5.74, 6) is -1.29. The van der Waals surface area contributed by atoms with Gasteiger partial charge in [0.25, 0.3) is 0 Å². The molecular weight excluding hydrogens is 232 g/mol. The largest absolute Gasteiger partial charge is 0.480 e. The van der Waals surface area contributed by atoms with Crippen LogP contribution in [0.25, 0.3) is 0 Å². The third-order valence-corrected chi connectivity index (χ3v) is 3.75. The molecule has 0 radical (unpaired) electrons. The number of hydrogen-bond donors (Lipinski definition) is 3. The van der Waals surface area contributed by atoms with Gasteiger partial charge in [0.05, 0.1) is 6.04 Å². The van der Waals surface area contributed by atoms with Crippen LogP contribution in [0.2, 0.25) is 0 Å². The molecule has 104 valence electrons. The second-order valence-electron chi connectivity index (χ2n) is 5.56. The van der Waals surface area contributed by atoms with Crippen molar-refractivity contribution in [1.29, 1.82) is 0 Å². The van der Waals surface area contributed by atoms with Crippen molar-refractivity contribution in [3.63, 3.8) is 0 Å². The van der Waals surface area contributed by atoms with Gasteiger partial charge in [0.1, 0.15) is 5.54 Å². The van der Waals surface area contributed by atoms with Gasteiger partial charge in [0, 0.05) is 0 Å². The molecule has 4 N–H and O–H groups in total. The average molecular weight is 256 g/mol. The summed E-state index contributed by atoms with van der Waals surface area (Å²) in [6.07, 6.45) is 4.73. The zero-order valence-corrected chi connectivity index (χ0v) is 11.2. The normalized spacial score (nSPS) is 21.1. The molecule has 18 heavy (non-hydrogen) atoms. The SMILES string of the molecule is CC(C)[C@@H](N)C(=O)NC1(C(=O)O)CCCCCC1. The molecule has 1 atom stereocenters. The Morgan fingerprint density at radius 2 is 1.67 bits per heavy atom. The predicted molar refractivity (Wildman–Crippen MR) is 69.0 cm³/mol. The lowest BCUT2D eigenvalue weighted by Gasteiger charge is -2.31. The first-order valence-electron chi connectivity index (χ1n) is 6.70. The molecule has 0 saturated heterocycles. The van der Waals surface area contributed by atoms with E-state index in [4.69, 9.17) is 5.73 Å². The molecular formula is C13H24N2O3. The number of carboxylic acid groups (broad SMARTS) is 1. The van der Waals surface area contributed by atoms with Crippen LogP contribution in [0.3, 0.4) is 0 Å². The highest BCUT2D eigenvalue weighted by atomic mass is 16.4. The number of rotatable bonds is 4. The summed E-state index contributed by atoms with van der Waals surface area (Å²) in [7, 11) is 0. The van der Waals surface area contributed by atoms with E-state index in [2.05, 4.69) is 5.32 Å². The number of hydrogen-bond acceptors (Lipinski definition) is 3. The van der Waals surface area contributed by atoms with Crippen LogP contribution in [-0.2, 0) is 9.59 Å². The van der Waals surface area contributed by atoms with E-state index in [1.807, 2.05) is 13.8 Å². The summed E-state index contributed by atoms with van der Waals surface area (Å²) < 4.78 is 0. The Balaban J connectivity index is 2.79. The summed E-state index contributed by atoms with van der Waals surface area (Å²) in [4.78, 5) is 23.5. The first kappa shape index (κ1) is 15.0. The van der Waals surface area contributed by atoms with Crippen LogP contribution < -0.4 is 11.1 Å². The molecule has 5 heteroatoms. The summed E-state index contributed by atoms with van der Waals surface area (Å²) >= 11 is 0. The number of aliphatic carboxylic acids is 1. The van der Waals surface area contributed by atoms with Crippen LogP contribution >= 0.6 is 0 Å². The average Bonchev–Trinajstić information content (AvgIpc) is 2.54. The smallest absolute Gasteiger partial charge is 0.329 e. The Hall–Kier alpha value is -1.10. The fourth-order valence-corrected chi connectivity index (χ4v) is 2.35. The van der Waals surface area contributed by atoms with Crippen LogP contribution in [0.1, 0.15) is 52.4 Å². The number of carbonyl (C=O) groups is 2. The van der Waals surface area contributed by atoms with E-state index >= 15 is 0 Å². The zero-order chi connectivity index (χ0) is 13.8. The molecule has 1 aliphatic carbocycles. The minimum Gasteiger partial charge on any atom is -0.480 e. The van der Waals surface area contributed by atoms with Gasteiger partial charge in [-0.3, -0.25) is 4.79 Å². The van der Waals surface area contributed by atoms with Gasteiger partial charge in [0.2, 0.25) is 5.91 Å². The Morgan fingerprint density at radius 3 is 2.06 bits per heavy atom. The van der Waals surface area contributed by atoms with E-state index in [1.54, 1.807) is 0 Å². The maximum atomic E-state index is 12.0. The third kappa shape index (κ3) is 3.45. The molecule has 0 heterocycles. The number of carboxylic acids is 1. The molecule has 0 unspecified atom stereocenters. The van der Waals surface area contributed by atoms with Crippen LogP contribution in [0.4, 0.5) is 0 Å². The molecule has 0 aliphatic heterocycles. The van der Waals surface area contributed by atoms with Gasteiger partial charge in [-0.05, 0) is 18.8 Å². The van der Waals surface area contributed by atoms with Crippen molar-refractivity contribution < 1.29 is 14.7 Å². The quantitative estimate of drug-likeness (QED) is 0.660. The first-order valence-corrected chi connectivity index (χ1v) is 6.70. The molecule has 1 fully saturated rings. The fraction of sp³-hybridized carbons (Fsp3) is 0.846. The summed E-state index contributed by atoms with van der Waals surface area (Å²) in [5.41, 5.74) is 4.66. The van der Waals surface area contributed by atoms with Crippen LogP contribution in [0.15, 0.2) is 0 Å². The maximum absolute atomic E-state index is 12.0. The highest BCUT2D eigenvalue weighted by Crippen LogP contribution is 2.27. The van der Waals surface area contributed by atoms with E-state index in [0.29, 0.717) is 12.8 Å². The number of carbonyl (C=O) groups excluding carboxylic acids is 1. The molecule has 0 aromatic rings. The number of amides is 1. The molecule has 0 aromatic heterocycles. The third-order valence-electron chi connectivity index (χ3n) is 3.75. The number of nitrogens with one attached hydrogen (secondary N) is 1. The minimum atomic E-state index is -1.11. The second kappa shape index (κ2) is 6.18. The van der Waals surface area contributed by atoms with Crippen molar-refractivity contribution in [3.8, 4) is 0 Å². The van der Waals surface area contributed by atoms with Crippen LogP contribution in [0, 0.1) is 5.92 Å². The van der Waals surface area contributed by atoms with Gasteiger partial charge in [0.15, 0.2) is 0 Å².